The topological polar surface area (TPSA) is 29.5 Å². The van der Waals surface area contributed by atoms with Crippen molar-refractivity contribution in [1.29, 1.82) is 0 Å². The third kappa shape index (κ3) is 5.00. The van der Waals surface area contributed by atoms with Crippen molar-refractivity contribution in [3.8, 4) is 22.6 Å². The Morgan fingerprint density at radius 2 is 1.46 bits per heavy atom. The van der Waals surface area contributed by atoms with E-state index in [9.17, 15) is 4.79 Å². The third-order valence-electron chi connectivity index (χ3n) is 7.17. The SMILES string of the molecule is Cc1cccc(-c2ccc(C3CCN(C(=O)c4ccccc4Oc4ccccc4)CC3)cc2)c1C. The molecule has 1 fully saturated rings. The van der Waals surface area contributed by atoms with Crippen molar-refractivity contribution in [2.24, 2.45) is 0 Å². The van der Waals surface area contributed by atoms with Crippen LogP contribution < -0.4 is 4.74 Å². The van der Waals surface area contributed by atoms with Gasteiger partial charge in [0.05, 0.1) is 5.56 Å². The van der Waals surface area contributed by atoms with Crippen LogP contribution in [-0.4, -0.2) is 23.9 Å². The van der Waals surface area contributed by atoms with Crippen LogP contribution in [0.25, 0.3) is 11.1 Å². The number of hydrogen-bond donors (Lipinski definition) is 0. The van der Waals surface area contributed by atoms with Crippen LogP contribution in [0.2, 0.25) is 0 Å². The average Bonchev–Trinajstić information content (AvgIpc) is 2.91. The summed E-state index contributed by atoms with van der Waals surface area (Å²) in [5, 5.41) is 0. The Hall–Kier alpha value is -3.85. The van der Waals surface area contributed by atoms with Gasteiger partial charge in [-0.05, 0) is 84.7 Å². The van der Waals surface area contributed by atoms with Crippen LogP contribution in [0.3, 0.4) is 0 Å². The van der Waals surface area contributed by atoms with Crippen LogP contribution in [0.5, 0.6) is 11.5 Å². The minimum absolute atomic E-state index is 0.0419. The van der Waals surface area contributed by atoms with Crippen molar-refractivity contribution < 1.29 is 9.53 Å². The van der Waals surface area contributed by atoms with E-state index in [2.05, 4.69) is 56.3 Å². The zero-order chi connectivity index (χ0) is 24.2. The Kier molecular flexibility index (Phi) is 6.67. The lowest BCUT2D eigenvalue weighted by Gasteiger charge is -2.32. The zero-order valence-electron chi connectivity index (χ0n) is 20.4. The quantitative estimate of drug-likeness (QED) is 0.304. The second kappa shape index (κ2) is 10.2. The lowest BCUT2D eigenvalue weighted by molar-refractivity contribution is 0.0710. The van der Waals surface area contributed by atoms with Gasteiger partial charge in [-0.3, -0.25) is 4.79 Å². The Balaban J connectivity index is 1.25. The van der Waals surface area contributed by atoms with E-state index < -0.39 is 0 Å². The number of piperidine rings is 1. The molecule has 0 aromatic heterocycles. The number of carbonyl (C=O) groups is 1. The second-order valence-corrected chi connectivity index (χ2v) is 9.35. The lowest BCUT2D eigenvalue weighted by Crippen LogP contribution is -2.38. The maximum absolute atomic E-state index is 13.4. The summed E-state index contributed by atoms with van der Waals surface area (Å²) in [4.78, 5) is 15.3. The van der Waals surface area contributed by atoms with E-state index in [0.717, 1.165) is 31.7 Å². The number of aryl methyl sites for hydroxylation is 1. The third-order valence-corrected chi connectivity index (χ3v) is 7.17. The van der Waals surface area contributed by atoms with Gasteiger partial charge in [0.2, 0.25) is 0 Å². The lowest BCUT2D eigenvalue weighted by atomic mass is 9.87. The Morgan fingerprint density at radius 3 is 2.20 bits per heavy atom. The van der Waals surface area contributed by atoms with Crippen molar-refractivity contribution in [3.63, 3.8) is 0 Å². The molecule has 0 bridgehead atoms. The van der Waals surface area contributed by atoms with Gasteiger partial charge in [-0.25, -0.2) is 0 Å². The highest BCUT2D eigenvalue weighted by molar-refractivity contribution is 5.97. The monoisotopic (exact) mass is 461 g/mol. The summed E-state index contributed by atoms with van der Waals surface area (Å²) in [6.45, 7) is 5.85. The molecule has 1 saturated heterocycles. The second-order valence-electron chi connectivity index (χ2n) is 9.35. The van der Waals surface area contributed by atoms with Gasteiger partial charge in [0.25, 0.3) is 5.91 Å². The zero-order valence-corrected chi connectivity index (χ0v) is 20.4. The largest absolute Gasteiger partial charge is 0.457 e. The number of nitrogens with zero attached hydrogens (tertiary/aromatic N) is 1. The summed E-state index contributed by atoms with van der Waals surface area (Å²) in [6, 6.07) is 32.6. The van der Waals surface area contributed by atoms with E-state index in [4.69, 9.17) is 4.74 Å². The van der Waals surface area contributed by atoms with Crippen LogP contribution in [0, 0.1) is 13.8 Å². The number of likely N-dealkylation sites (tertiary alicyclic amines) is 1. The minimum atomic E-state index is 0.0419. The average molecular weight is 462 g/mol. The van der Waals surface area contributed by atoms with Crippen molar-refractivity contribution in [2.45, 2.75) is 32.6 Å². The van der Waals surface area contributed by atoms with Crippen molar-refractivity contribution in [2.75, 3.05) is 13.1 Å². The number of rotatable bonds is 5. The molecule has 0 aliphatic carbocycles. The molecule has 3 heteroatoms. The molecule has 35 heavy (non-hydrogen) atoms. The molecule has 0 radical (unpaired) electrons. The molecule has 4 aromatic rings. The molecule has 4 aromatic carbocycles. The molecule has 5 rings (SSSR count). The molecule has 1 aliphatic rings. The van der Waals surface area contributed by atoms with E-state index >= 15 is 0 Å². The van der Waals surface area contributed by atoms with Crippen LogP contribution in [-0.2, 0) is 0 Å². The normalized spacial score (nSPS) is 14.1. The first-order valence-electron chi connectivity index (χ1n) is 12.4. The number of carbonyl (C=O) groups excluding carboxylic acids is 1. The number of benzene rings is 4. The van der Waals surface area contributed by atoms with Gasteiger partial charge >= 0.3 is 0 Å². The molecule has 176 valence electrons. The molecular formula is C32H31NO2. The highest BCUT2D eigenvalue weighted by Crippen LogP contribution is 2.33. The molecule has 0 atom stereocenters. The molecule has 0 saturated carbocycles. The van der Waals surface area contributed by atoms with Gasteiger partial charge in [0.15, 0.2) is 0 Å². The summed E-state index contributed by atoms with van der Waals surface area (Å²) in [5.74, 6) is 1.85. The maximum atomic E-state index is 13.4. The number of ether oxygens (including phenoxy) is 1. The molecule has 0 N–H and O–H groups in total. The van der Waals surface area contributed by atoms with E-state index in [1.807, 2.05) is 59.5 Å². The summed E-state index contributed by atoms with van der Waals surface area (Å²) in [6.07, 6.45) is 1.94. The number of hydrogen-bond acceptors (Lipinski definition) is 2. The predicted octanol–water partition coefficient (Wildman–Crippen LogP) is 7.78. The van der Waals surface area contributed by atoms with Gasteiger partial charge in [-0.15, -0.1) is 0 Å². The van der Waals surface area contributed by atoms with Crippen molar-refractivity contribution in [1.82, 2.24) is 4.90 Å². The van der Waals surface area contributed by atoms with Crippen LogP contribution in [0.1, 0.15) is 45.8 Å². The van der Waals surface area contributed by atoms with E-state index in [1.165, 1.54) is 27.8 Å². The molecule has 3 nitrogen and oxygen atoms in total. The molecular weight excluding hydrogens is 430 g/mol. The van der Waals surface area contributed by atoms with Gasteiger partial charge in [0.1, 0.15) is 11.5 Å². The van der Waals surface area contributed by atoms with Crippen LogP contribution >= 0.6 is 0 Å². The van der Waals surface area contributed by atoms with Gasteiger partial charge < -0.3 is 9.64 Å². The fraction of sp³-hybridized carbons (Fsp3) is 0.219. The van der Waals surface area contributed by atoms with E-state index in [1.54, 1.807) is 0 Å². The maximum Gasteiger partial charge on any atom is 0.257 e. The fourth-order valence-corrected chi connectivity index (χ4v) is 4.93. The van der Waals surface area contributed by atoms with Gasteiger partial charge in [-0.2, -0.15) is 0 Å². The van der Waals surface area contributed by atoms with Crippen LogP contribution in [0.15, 0.2) is 97.1 Å². The Morgan fingerprint density at radius 1 is 0.771 bits per heavy atom. The first-order valence-corrected chi connectivity index (χ1v) is 12.4. The molecule has 1 heterocycles. The molecule has 1 aliphatic heterocycles. The highest BCUT2D eigenvalue weighted by Gasteiger charge is 2.26. The minimum Gasteiger partial charge on any atom is -0.457 e. The summed E-state index contributed by atoms with van der Waals surface area (Å²) in [7, 11) is 0. The summed E-state index contributed by atoms with van der Waals surface area (Å²) >= 11 is 0. The molecule has 0 spiro atoms. The van der Waals surface area contributed by atoms with E-state index in [-0.39, 0.29) is 5.91 Å². The van der Waals surface area contributed by atoms with Gasteiger partial charge in [0, 0.05) is 13.1 Å². The summed E-state index contributed by atoms with van der Waals surface area (Å²) in [5.41, 5.74) is 7.19. The van der Waals surface area contributed by atoms with Crippen molar-refractivity contribution >= 4 is 5.91 Å². The first kappa shape index (κ1) is 22.9. The first-order chi connectivity index (χ1) is 17.1. The fourth-order valence-electron chi connectivity index (χ4n) is 4.93. The highest BCUT2D eigenvalue weighted by atomic mass is 16.5. The number of amides is 1. The van der Waals surface area contributed by atoms with Crippen LogP contribution in [0.4, 0.5) is 0 Å². The van der Waals surface area contributed by atoms with Crippen molar-refractivity contribution in [3.05, 3.63) is 119 Å². The Bertz CT molecular complexity index is 1300. The predicted molar refractivity (Wildman–Crippen MR) is 142 cm³/mol. The summed E-state index contributed by atoms with van der Waals surface area (Å²) < 4.78 is 6.03. The molecule has 1 amide bonds. The van der Waals surface area contributed by atoms with E-state index in [0.29, 0.717) is 17.2 Å². The van der Waals surface area contributed by atoms with Gasteiger partial charge in [-0.1, -0.05) is 72.8 Å². The molecule has 0 unspecified atom stereocenters. The number of para-hydroxylation sites is 2. The smallest absolute Gasteiger partial charge is 0.257 e. The Labute approximate surface area is 208 Å². The standard InChI is InChI=1S/C32H31NO2/c1-23-9-8-13-29(24(23)2)27-17-15-25(16-18-27)26-19-21-33(22-20-26)32(34)30-12-6-7-14-31(30)35-28-10-4-3-5-11-28/h3-18,26H,19-22H2,1-2H3.